The minimum Gasteiger partial charge on any atom is -0.340 e. The molecule has 0 heterocycles. The van der Waals surface area contributed by atoms with Crippen LogP contribution in [0.4, 0.5) is 14.5 Å². The van der Waals surface area contributed by atoms with Gasteiger partial charge in [-0.25, -0.2) is 17.2 Å². The summed E-state index contributed by atoms with van der Waals surface area (Å²) in [4.78, 5) is 13.8. The molecule has 0 saturated heterocycles. The molecule has 2 rings (SSSR count). The van der Waals surface area contributed by atoms with Crippen LogP contribution in [-0.2, 0) is 21.4 Å². The van der Waals surface area contributed by atoms with E-state index in [0.29, 0.717) is 6.54 Å². The summed E-state index contributed by atoms with van der Waals surface area (Å²) in [7, 11) is -2.31. The highest BCUT2D eigenvalue weighted by Gasteiger charge is 2.23. The van der Waals surface area contributed by atoms with Gasteiger partial charge in [-0.15, -0.1) is 0 Å². The predicted molar refractivity (Wildman–Crippen MR) is 96.2 cm³/mol. The molecule has 2 aromatic rings. The van der Waals surface area contributed by atoms with Gasteiger partial charge in [-0.3, -0.25) is 9.10 Å². The largest absolute Gasteiger partial charge is 0.340 e. The topological polar surface area (TPSA) is 57.7 Å². The predicted octanol–water partition coefficient (Wildman–Crippen LogP) is 2.70. The molecular formula is C18H20F2N2O3S. The number of sulfonamides is 1. The second-order valence-corrected chi connectivity index (χ2v) is 8.01. The maximum Gasteiger partial charge on any atom is 0.243 e. The SMILES string of the molecule is Cc1ccc(CN(C)C(=O)CN(c2ccc(F)c(F)c2)S(C)(=O)=O)cc1. The zero-order valence-electron chi connectivity index (χ0n) is 14.7. The Hall–Kier alpha value is -2.48. The third-order valence-electron chi connectivity index (χ3n) is 3.84. The highest BCUT2D eigenvalue weighted by atomic mass is 32.2. The second-order valence-electron chi connectivity index (χ2n) is 6.10. The van der Waals surface area contributed by atoms with Crippen LogP contribution in [-0.4, -0.2) is 39.1 Å². The van der Waals surface area contributed by atoms with Crippen molar-refractivity contribution in [2.24, 2.45) is 0 Å². The van der Waals surface area contributed by atoms with Crippen LogP contribution in [0.15, 0.2) is 42.5 Å². The lowest BCUT2D eigenvalue weighted by Gasteiger charge is -2.25. The Labute approximate surface area is 151 Å². The van der Waals surface area contributed by atoms with Crippen molar-refractivity contribution in [3.63, 3.8) is 0 Å². The molecule has 1 amide bonds. The molecule has 0 spiro atoms. The van der Waals surface area contributed by atoms with Gasteiger partial charge in [0.25, 0.3) is 0 Å². The molecule has 2 aromatic carbocycles. The average molecular weight is 382 g/mol. The van der Waals surface area contributed by atoms with Gasteiger partial charge in [0, 0.05) is 19.7 Å². The summed E-state index contributed by atoms with van der Waals surface area (Å²) < 4.78 is 51.3. The van der Waals surface area contributed by atoms with E-state index in [9.17, 15) is 22.0 Å². The number of hydrogen-bond acceptors (Lipinski definition) is 3. The minimum atomic E-state index is -3.86. The molecule has 0 aliphatic heterocycles. The number of hydrogen-bond donors (Lipinski definition) is 0. The first-order valence-electron chi connectivity index (χ1n) is 7.80. The number of likely N-dealkylation sites (N-methyl/N-ethyl adjacent to an activating group) is 1. The highest BCUT2D eigenvalue weighted by Crippen LogP contribution is 2.20. The van der Waals surface area contributed by atoms with Crippen LogP contribution < -0.4 is 4.31 Å². The molecule has 0 aliphatic rings. The molecule has 0 aliphatic carbocycles. The number of anilines is 1. The van der Waals surface area contributed by atoms with Gasteiger partial charge in [0.2, 0.25) is 15.9 Å². The zero-order valence-corrected chi connectivity index (χ0v) is 15.6. The summed E-state index contributed by atoms with van der Waals surface area (Å²) >= 11 is 0. The molecule has 0 aromatic heterocycles. The van der Waals surface area contributed by atoms with Crippen LogP contribution in [0.1, 0.15) is 11.1 Å². The van der Waals surface area contributed by atoms with Crippen LogP contribution in [0.3, 0.4) is 0 Å². The van der Waals surface area contributed by atoms with Crippen molar-refractivity contribution in [1.82, 2.24) is 4.90 Å². The third kappa shape index (κ3) is 5.01. The summed E-state index contributed by atoms with van der Waals surface area (Å²) in [5, 5.41) is 0. The van der Waals surface area contributed by atoms with Gasteiger partial charge in [0.15, 0.2) is 11.6 Å². The van der Waals surface area contributed by atoms with E-state index < -0.39 is 34.1 Å². The van der Waals surface area contributed by atoms with Crippen molar-refractivity contribution < 1.29 is 22.0 Å². The first-order valence-corrected chi connectivity index (χ1v) is 9.65. The van der Waals surface area contributed by atoms with Crippen molar-refractivity contribution in [3.8, 4) is 0 Å². The molecule has 26 heavy (non-hydrogen) atoms. The van der Waals surface area contributed by atoms with Gasteiger partial charge < -0.3 is 4.90 Å². The summed E-state index contributed by atoms with van der Waals surface area (Å²) in [6.07, 6.45) is 0.904. The minimum absolute atomic E-state index is 0.108. The number of benzene rings is 2. The van der Waals surface area contributed by atoms with Crippen LogP contribution in [0.2, 0.25) is 0 Å². The lowest BCUT2D eigenvalue weighted by atomic mass is 10.1. The number of nitrogens with zero attached hydrogens (tertiary/aromatic N) is 2. The summed E-state index contributed by atoms with van der Waals surface area (Å²) in [5.41, 5.74) is 1.87. The Morgan fingerprint density at radius 1 is 1.04 bits per heavy atom. The molecule has 140 valence electrons. The standard InChI is InChI=1S/C18H20F2N2O3S/c1-13-4-6-14(7-5-13)11-21(2)18(23)12-22(26(3,24)25)15-8-9-16(19)17(20)10-15/h4-10H,11-12H2,1-3H3. The Bertz CT molecular complexity index is 899. The molecule has 8 heteroatoms. The fraction of sp³-hybridized carbons (Fsp3) is 0.278. The van der Waals surface area contributed by atoms with Gasteiger partial charge in [-0.05, 0) is 24.6 Å². The lowest BCUT2D eigenvalue weighted by molar-refractivity contribution is -0.128. The highest BCUT2D eigenvalue weighted by molar-refractivity contribution is 7.92. The second kappa shape index (κ2) is 7.82. The van der Waals surface area contributed by atoms with E-state index in [-0.39, 0.29) is 5.69 Å². The van der Waals surface area contributed by atoms with Crippen LogP contribution in [0.25, 0.3) is 0 Å². The van der Waals surface area contributed by atoms with Crippen molar-refractivity contribution in [1.29, 1.82) is 0 Å². The van der Waals surface area contributed by atoms with E-state index in [4.69, 9.17) is 0 Å². The van der Waals surface area contributed by atoms with E-state index in [1.165, 1.54) is 4.90 Å². The maximum atomic E-state index is 13.5. The van der Waals surface area contributed by atoms with Crippen molar-refractivity contribution >= 4 is 21.6 Å². The first kappa shape index (κ1) is 19.8. The third-order valence-corrected chi connectivity index (χ3v) is 4.98. The van der Waals surface area contributed by atoms with E-state index in [1.54, 1.807) is 7.05 Å². The normalized spacial score (nSPS) is 11.3. The quantitative estimate of drug-likeness (QED) is 0.772. The molecule has 0 N–H and O–H groups in total. The zero-order chi connectivity index (χ0) is 19.5. The van der Waals surface area contributed by atoms with Crippen LogP contribution in [0.5, 0.6) is 0 Å². The lowest BCUT2D eigenvalue weighted by Crippen LogP contribution is -2.41. The monoisotopic (exact) mass is 382 g/mol. The number of carbonyl (C=O) groups excluding carboxylic acids is 1. The number of carbonyl (C=O) groups is 1. The first-order chi connectivity index (χ1) is 12.1. The smallest absolute Gasteiger partial charge is 0.243 e. The number of aryl methyl sites for hydroxylation is 1. The number of rotatable bonds is 6. The van der Waals surface area contributed by atoms with Crippen LogP contribution >= 0.6 is 0 Å². The maximum absolute atomic E-state index is 13.5. The average Bonchev–Trinajstić information content (AvgIpc) is 2.56. The summed E-state index contributed by atoms with van der Waals surface area (Å²) in [6.45, 7) is 1.74. The molecular weight excluding hydrogens is 362 g/mol. The molecule has 0 radical (unpaired) electrons. The molecule has 0 unspecified atom stereocenters. The Balaban J connectivity index is 2.18. The van der Waals surface area contributed by atoms with Crippen molar-refractivity contribution in [3.05, 3.63) is 65.2 Å². The summed E-state index contributed by atoms with van der Waals surface area (Å²) in [6, 6.07) is 10.3. The van der Waals surface area contributed by atoms with Gasteiger partial charge in [-0.1, -0.05) is 29.8 Å². The fourth-order valence-electron chi connectivity index (χ4n) is 2.34. The van der Waals surface area contributed by atoms with Crippen molar-refractivity contribution in [2.75, 3.05) is 24.2 Å². The number of halogens is 2. The van der Waals surface area contributed by atoms with E-state index in [0.717, 1.165) is 39.9 Å². The van der Waals surface area contributed by atoms with Gasteiger partial charge in [-0.2, -0.15) is 0 Å². The molecule has 0 bridgehead atoms. The molecule has 0 saturated carbocycles. The molecule has 0 fully saturated rings. The van der Waals surface area contributed by atoms with E-state index >= 15 is 0 Å². The van der Waals surface area contributed by atoms with Crippen LogP contribution in [0, 0.1) is 18.6 Å². The Morgan fingerprint density at radius 3 is 2.19 bits per heavy atom. The molecule has 5 nitrogen and oxygen atoms in total. The van der Waals surface area contributed by atoms with E-state index in [2.05, 4.69) is 0 Å². The van der Waals surface area contributed by atoms with Gasteiger partial charge >= 0.3 is 0 Å². The Morgan fingerprint density at radius 2 is 1.65 bits per heavy atom. The van der Waals surface area contributed by atoms with Crippen molar-refractivity contribution in [2.45, 2.75) is 13.5 Å². The van der Waals surface area contributed by atoms with Gasteiger partial charge in [0.05, 0.1) is 11.9 Å². The fourth-order valence-corrected chi connectivity index (χ4v) is 3.18. The summed E-state index contributed by atoms with van der Waals surface area (Å²) in [5.74, 6) is -2.75. The number of amides is 1. The Kier molecular flexibility index (Phi) is 5.97. The van der Waals surface area contributed by atoms with Gasteiger partial charge in [0.1, 0.15) is 6.54 Å². The van der Waals surface area contributed by atoms with E-state index in [1.807, 2.05) is 31.2 Å². The molecule has 0 atom stereocenters.